The van der Waals surface area contributed by atoms with Gasteiger partial charge in [0.15, 0.2) is 0 Å². The molecular formula is C15H20FNO3. The molecule has 4 nitrogen and oxygen atoms in total. The first-order valence-electron chi connectivity index (χ1n) is 6.96. The van der Waals surface area contributed by atoms with E-state index in [1.54, 1.807) is 12.1 Å². The summed E-state index contributed by atoms with van der Waals surface area (Å²) in [4.78, 5) is 13.0. The number of piperidine rings is 1. The van der Waals surface area contributed by atoms with Crippen molar-refractivity contribution in [1.29, 1.82) is 0 Å². The molecular weight excluding hydrogens is 261 g/mol. The van der Waals surface area contributed by atoms with E-state index >= 15 is 0 Å². The van der Waals surface area contributed by atoms with Gasteiger partial charge in [-0.15, -0.1) is 0 Å². The van der Waals surface area contributed by atoms with Gasteiger partial charge in [-0.3, -0.25) is 4.90 Å². The van der Waals surface area contributed by atoms with Crippen LogP contribution in [-0.2, 0) is 11.3 Å². The highest BCUT2D eigenvalue weighted by atomic mass is 19.1. The van der Waals surface area contributed by atoms with Crippen molar-refractivity contribution < 1.29 is 19.0 Å². The summed E-state index contributed by atoms with van der Waals surface area (Å²) >= 11 is 0. The molecule has 0 aliphatic carbocycles. The highest BCUT2D eigenvalue weighted by Crippen LogP contribution is 2.19. The van der Waals surface area contributed by atoms with Crippen LogP contribution in [0.4, 0.5) is 4.39 Å². The molecule has 110 valence electrons. The Morgan fingerprint density at radius 3 is 2.75 bits per heavy atom. The Hall–Kier alpha value is -1.46. The molecule has 1 aromatic rings. The maximum Gasteiger partial charge on any atom is 0.338 e. The molecule has 0 amide bonds. The van der Waals surface area contributed by atoms with Crippen molar-refractivity contribution >= 4 is 5.97 Å². The van der Waals surface area contributed by atoms with Crippen LogP contribution in [0.5, 0.6) is 0 Å². The molecule has 20 heavy (non-hydrogen) atoms. The number of aromatic carboxylic acids is 1. The first-order chi connectivity index (χ1) is 9.61. The number of ether oxygens (including phenoxy) is 1. The van der Waals surface area contributed by atoms with E-state index in [0.717, 1.165) is 32.5 Å². The molecule has 2 rings (SSSR count). The minimum absolute atomic E-state index is 0.258. The maximum atomic E-state index is 14.0. The van der Waals surface area contributed by atoms with Gasteiger partial charge >= 0.3 is 5.97 Å². The van der Waals surface area contributed by atoms with Crippen molar-refractivity contribution in [3.63, 3.8) is 0 Å². The SMILES string of the molecule is CCOC1CCN(Cc2cccc(C(=O)O)c2F)CC1. The summed E-state index contributed by atoms with van der Waals surface area (Å²) in [5.41, 5.74) is 0.187. The summed E-state index contributed by atoms with van der Waals surface area (Å²) in [6.45, 7) is 4.85. The molecule has 5 heteroatoms. The molecule has 0 spiro atoms. The molecule has 1 N–H and O–H groups in total. The number of hydrogen-bond donors (Lipinski definition) is 1. The van der Waals surface area contributed by atoms with Gasteiger partial charge in [-0.05, 0) is 25.8 Å². The minimum Gasteiger partial charge on any atom is -0.478 e. The van der Waals surface area contributed by atoms with Crippen molar-refractivity contribution in [2.45, 2.75) is 32.4 Å². The summed E-state index contributed by atoms with van der Waals surface area (Å²) in [6, 6.07) is 4.54. The van der Waals surface area contributed by atoms with Gasteiger partial charge in [0.2, 0.25) is 0 Å². The van der Waals surface area contributed by atoms with Crippen molar-refractivity contribution in [2.75, 3.05) is 19.7 Å². The third kappa shape index (κ3) is 3.55. The predicted molar refractivity (Wildman–Crippen MR) is 73.3 cm³/mol. The second-order valence-electron chi connectivity index (χ2n) is 5.01. The van der Waals surface area contributed by atoms with Crippen LogP contribution in [-0.4, -0.2) is 41.8 Å². The van der Waals surface area contributed by atoms with Gasteiger partial charge in [0.1, 0.15) is 5.82 Å². The van der Waals surface area contributed by atoms with Gasteiger partial charge in [-0.2, -0.15) is 0 Å². The van der Waals surface area contributed by atoms with Gasteiger partial charge in [-0.25, -0.2) is 9.18 Å². The zero-order chi connectivity index (χ0) is 14.5. The molecule has 1 aromatic carbocycles. The first kappa shape index (κ1) is 14.9. The number of carboxylic acids is 1. The van der Waals surface area contributed by atoms with E-state index in [0.29, 0.717) is 18.2 Å². The molecule has 1 saturated heterocycles. The average molecular weight is 281 g/mol. The Kier molecular flexibility index (Phi) is 5.09. The number of rotatable bonds is 5. The molecule has 0 unspecified atom stereocenters. The van der Waals surface area contributed by atoms with E-state index in [9.17, 15) is 9.18 Å². The third-order valence-corrected chi connectivity index (χ3v) is 3.64. The van der Waals surface area contributed by atoms with Crippen molar-refractivity contribution in [2.24, 2.45) is 0 Å². The Bertz CT molecular complexity index is 470. The molecule has 0 radical (unpaired) electrons. The standard InChI is InChI=1S/C15H20FNO3/c1-2-20-12-6-8-17(9-7-12)10-11-4-3-5-13(14(11)16)15(18)19/h3-5,12H,2,6-10H2,1H3,(H,18,19). The van der Waals surface area contributed by atoms with Gasteiger partial charge < -0.3 is 9.84 Å². The molecule has 1 aliphatic rings. The lowest BCUT2D eigenvalue weighted by Crippen LogP contribution is -2.36. The Morgan fingerprint density at radius 1 is 1.45 bits per heavy atom. The van der Waals surface area contributed by atoms with Crippen molar-refractivity contribution in [1.82, 2.24) is 4.90 Å². The van der Waals surface area contributed by atoms with Crippen LogP contribution in [0.25, 0.3) is 0 Å². The Balaban J connectivity index is 1.98. The monoisotopic (exact) mass is 281 g/mol. The van der Waals surface area contributed by atoms with Gasteiger partial charge in [0.25, 0.3) is 0 Å². The van der Waals surface area contributed by atoms with Crippen LogP contribution in [0.2, 0.25) is 0 Å². The topological polar surface area (TPSA) is 49.8 Å². The lowest BCUT2D eigenvalue weighted by molar-refractivity contribution is 0.0123. The summed E-state index contributed by atoms with van der Waals surface area (Å²) in [7, 11) is 0. The fraction of sp³-hybridized carbons (Fsp3) is 0.533. The first-order valence-corrected chi connectivity index (χ1v) is 6.96. The smallest absolute Gasteiger partial charge is 0.338 e. The Labute approximate surface area is 118 Å². The van der Waals surface area contributed by atoms with Crippen LogP contribution >= 0.6 is 0 Å². The summed E-state index contributed by atoms with van der Waals surface area (Å²) in [5.74, 6) is -1.84. The largest absolute Gasteiger partial charge is 0.478 e. The second-order valence-corrected chi connectivity index (χ2v) is 5.01. The van der Waals surface area contributed by atoms with E-state index < -0.39 is 11.8 Å². The van der Waals surface area contributed by atoms with E-state index in [-0.39, 0.29) is 5.56 Å². The normalized spacial score (nSPS) is 17.3. The number of benzene rings is 1. The van der Waals surface area contributed by atoms with Crippen molar-refractivity contribution in [3.8, 4) is 0 Å². The van der Waals surface area contributed by atoms with Crippen LogP contribution in [0.3, 0.4) is 0 Å². The predicted octanol–water partition coefficient (Wildman–Crippen LogP) is 2.52. The van der Waals surface area contributed by atoms with Gasteiger partial charge in [0, 0.05) is 31.8 Å². The van der Waals surface area contributed by atoms with Crippen LogP contribution in [0, 0.1) is 5.82 Å². The van der Waals surface area contributed by atoms with Gasteiger partial charge in [0.05, 0.1) is 11.7 Å². The molecule has 0 saturated carbocycles. The molecule has 1 aliphatic heterocycles. The van der Waals surface area contributed by atoms with E-state index in [1.807, 2.05) is 6.92 Å². The molecule has 0 atom stereocenters. The van der Waals surface area contributed by atoms with Crippen LogP contribution in [0.1, 0.15) is 35.7 Å². The fourth-order valence-corrected chi connectivity index (χ4v) is 2.58. The fourth-order valence-electron chi connectivity index (χ4n) is 2.58. The zero-order valence-electron chi connectivity index (χ0n) is 11.6. The number of likely N-dealkylation sites (tertiary alicyclic amines) is 1. The minimum atomic E-state index is -1.22. The number of halogens is 1. The summed E-state index contributed by atoms with van der Waals surface area (Å²) < 4.78 is 19.6. The molecule has 1 heterocycles. The quantitative estimate of drug-likeness (QED) is 0.901. The van der Waals surface area contributed by atoms with E-state index in [2.05, 4.69) is 4.90 Å². The molecule has 0 aromatic heterocycles. The number of nitrogens with zero attached hydrogens (tertiary/aromatic N) is 1. The molecule has 0 bridgehead atoms. The number of hydrogen-bond acceptors (Lipinski definition) is 3. The molecule has 1 fully saturated rings. The highest BCUT2D eigenvalue weighted by molar-refractivity contribution is 5.88. The van der Waals surface area contributed by atoms with Crippen LogP contribution < -0.4 is 0 Å². The summed E-state index contributed by atoms with van der Waals surface area (Å²) in [6.07, 6.45) is 2.17. The number of carbonyl (C=O) groups is 1. The van der Waals surface area contributed by atoms with Crippen LogP contribution in [0.15, 0.2) is 18.2 Å². The maximum absolute atomic E-state index is 14.0. The highest BCUT2D eigenvalue weighted by Gasteiger charge is 2.21. The van der Waals surface area contributed by atoms with E-state index in [1.165, 1.54) is 6.07 Å². The lowest BCUT2D eigenvalue weighted by atomic mass is 10.1. The van der Waals surface area contributed by atoms with E-state index in [4.69, 9.17) is 9.84 Å². The van der Waals surface area contributed by atoms with Gasteiger partial charge in [-0.1, -0.05) is 12.1 Å². The number of carboxylic acid groups (broad SMARTS) is 1. The zero-order valence-corrected chi connectivity index (χ0v) is 11.6. The second kappa shape index (κ2) is 6.81. The van der Waals surface area contributed by atoms with Crippen molar-refractivity contribution in [3.05, 3.63) is 35.1 Å². The average Bonchev–Trinajstić information content (AvgIpc) is 2.43. The Morgan fingerprint density at radius 2 is 2.15 bits per heavy atom. The third-order valence-electron chi connectivity index (χ3n) is 3.64. The lowest BCUT2D eigenvalue weighted by Gasteiger charge is -2.31. The summed E-state index contributed by atoms with van der Waals surface area (Å²) in [5, 5.41) is 8.92.